The highest BCUT2D eigenvalue weighted by Gasteiger charge is 2.35. The smallest absolute Gasteiger partial charge is 0.255 e. The lowest BCUT2D eigenvalue weighted by atomic mass is 10.1. The summed E-state index contributed by atoms with van der Waals surface area (Å²) in [4.78, 5) is 14.7. The van der Waals surface area contributed by atoms with E-state index in [4.69, 9.17) is 23.2 Å². The average molecular weight is 398 g/mol. The third-order valence-corrected chi connectivity index (χ3v) is 6.61. The molecule has 1 saturated heterocycles. The van der Waals surface area contributed by atoms with Gasteiger partial charge in [-0.1, -0.05) is 47.5 Å². The van der Waals surface area contributed by atoms with Crippen LogP contribution in [0.25, 0.3) is 0 Å². The van der Waals surface area contributed by atoms with Crippen molar-refractivity contribution in [3.8, 4) is 0 Å². The highest BCUT2D eigenvalue weighted by Crippen LogP contribution is 2.25. The van der Waals surface area contributed by atoms with Crippen molar-refractivity contribution in [2.45, 2.75) is 19.0 Å². The van der Waals surface area contributed by atoms with Gasteiger partial charge in [0.25, 0.3) is 5.91 Å². The summed E-state index contributed by atoms with van der Waals surface area (Å²) in [7, 11) is -3.11. The minimum Gasteiger partial charge on any atom is -0.330 e. The van der Waals surface area contributed by atoms with E-state index in [1.54, 1.807) is 41.3 Å². The number of hydrogen-bond donors (Lipinski definition) is 0. The second-order valence-electron chi connectivity index (χ2n) is 6.10. The van der Waals surface area contributed by atoms with Crippen LogP contribution in [0.15, 0.2) is 48.5 Å². The fraction of sp³-hybridized carbons (Fsp3) is 0.278. The minimum absolute atomic E-state index is 0.0171. The number of nitrogens with zero attached hydrogens (tertiary/aromatic N) is 1. The molecule has 0 radical (unpaired) electrons. The Hall–Kier alpha value is -1.56. The molecule has 132 valence electrons. The lowest BCUT2D eigenvalue weighted by molar-refractivity contribution is 0.0681. The van der Waals surface area contributed by atoms with Gasteiger partial charge in [0.05, 0.1) is 22.1 Å². The van der Waals surface area contributed by atoms with Crippen molar-refractivity contribution < 1.29 is 13.2 Å². The summed E-state index contributed by atoms with van der Waals surface area (Å²) in [6.07, 6.45) is 0.437. The number of benzene rings is 2. The van der Waals surface area contributed by atoms with Gasteiger partial charge in [0.1, 0.15) is 0 Å². The molecule has 2 aromatic rings. The van der Waals surface area contributed by atoms with Crippen LogP contribution in [0.2, 0.25) is 10.0 Å². The van der Waals surface area contributed by atoms with Crippen LogP contribution in [0.1, 0.15) is 22.3 Å². The van der Waals surface area contributed by atoms with Gasteiger partial charge in [-0.05, 0) is 36.2 Å². The molecule has 2 aromatic carbocycles. The number of sulfone groups is 1. The SMILES string of the molecule is O=C(c1ccccc1Cl)N(Cc1ccc(Cl)cc1)[C@@H]1CCS(=O)(=O)C1. The number of hydrogen-bond acceptors (Lipinski definition) is 3. The van der Waals surface area contributed by atoms with Gasteiger partial charge in [-0.25, -0.2) is 8.42 Å². The van der Waals surface area contributed by atoms with Crippen LogP contribution in [0.4, 0.5) is 0 Å². The molecule has 0 saturated carbocycles. The Balaban J connectivity index is 1.92. The molecule has 0 unspecified atom stereocenters. The normalized spacial score (nSPS) is 18.9. The second-order valence-corrected chi connectivity index (χ2v) is 9.17. The topological polar surface area (TPSA) is 54.5 Å². The fourth-order valence-electron chi connectivity index (χ4n) is 2.96. The van der Waals surface area contributed by atoms with Gasteiger partial charge in [-0.3, -0.25) is 4.79 Å². The monoisotopic (exact) mass is 397 g/mol. The Morgan fingerprint density at radius 2 is 1.76 bits per heavy atom. The molecule has 1 amide bonds. The zero-order valence-electron chi connectivity index (χ0n) is 13.4. The van der Waals surface area contributed by atoms with Crippen molar-refractivity contribution in [1.82, 2.24) is 4.90 Å². The van der Waals surface area contributed by atoms with Crippen LogP contribution in [0, 0.1) is 0 Å². The van der Waals surface area contributed by atoms with Crippen molar-refractivity contribution in [2.75, 3.05) is 11.5 Å². The lowest BCUT2D eigenvalue weighted by Gasteiger charge is -2.29. The highest BCUT2D eigenvalue weighted by atomic mass is 35.5. The average Bonchev–Trinajstić information content (AvgIpc) is 2.94. The minimum atomic E-state index is -3.11. The zero-order chi connectivity index (χ0) is 18.0. The molecule has 25 heavy (non-hydrogen) atoms. The first kappa shape index (κ1) is 18.2. The van der Waals surface area contributed by atoms with Crippen molar-refractivity contribution in [1.29, 1.82) is 0 Å². The predicted octanol–water partition coefficient (Wildman–Crippen LogP) is 3.82. The Kier molecular flexibility index (Phi) is 5.37. The maximum Gasteiger partial charge on any atom is 0.255 e. The molecule has 0 aliphatic carbocycles. The van der Waals surface area contributed by atoms with Gasteiger partial charge >= 0.3 is 0 Å². The largest absolute Gasteiger partial charge is 0.330 e. The molecule has 3 rings (SSSR count). The molecule has 0 spiro atoms. The molecule has 1 fully saturated rings. The number of carbonyl (C=O) groups is 1. The van der Waals surface area contributed by atoms with Gasteiger partial charge < -0.3 is 4.90 Å². The van der Waals surface area contributed by atoms with Gasteiger partial charge in [0.15, 0.2) is 9.84 Å². The Labute approximate surface area is 157 Å². The van der Waals surface area contributed by atoms with Crippen LogP contribution in [-0.2, 0) is 16.4 Å². The van der Waals surface area contributed by atoms with Crippen molar-refractivity contribution in [3.63, 3.8) is 0 Å². The number of halogens is 2. The molecule has 1 atom stereocenters. The summed E-state index contributed by atoms with van der Waals surface area (Å²) >= 11 is 12.1. The molecule has 0 aromatic heterocycles. The first-order valence-electron chi connectivity index (χ1n) is 7.86. The van der Waals surface area contributed by atoms with Crippen molar-refractivity contribution in [2.24, 2.45) is 0 Å². The third-order valence-electron chi connectivity index (χ3n) is 4.28. The summed E-state index contributed by atoms with van der Waals surface area (Å²) in [6, 6.07) is 13.6. The maximum atomic E-state index is 13.1. The zero-order valence-corrected chi connectivity index (χ0v) is 15.7. The lowest BCUT2D eigenvalue weighted by Crippen LogP contribution is -2.40. The van der Waals surface area contributed by atoms with E-state index in [-0.39, 0.29) is 23.5 Å². The number of rotatable bonds is 4. The van der Waals surface area contributed by atoms with E-state index in [9.17, 15) is 13.2 Å². The van der Waals surface area contributed by atoms with Crippen LogP contribution in [0.5, 0.6) is 0 Å². The Morgan fingerprint density at radius 1 is 1.08 bits per heavy atom. The van der Waals surface area contributed by atoms with E-state index in [1.807, 2.05) is 12.1 Å². The first-order chi connectivity index (χ1) is 11.9. The summed E-state index contributed by atoms with van der Waals surface area (Å²) in [5.41, 5.74) is 1.26. The van der Waals surface area contributed by atoms with E-state index in [0.29, 0.717) is 28.6 Å². The number of carbonyl (C=O) groups excluding carboxylic acids is 1. The van der Waals surface area contributed by atoms with Crippen LogP contribution in [-0.4, -0.2) is 36.8 Å². The van der Waals surface area contributed by atoms with E-state index < -0.39 is 9.84 Å². The molecule has 0 N–H and O–H groups in total. The van der Waals surface area contributed by atoms with Crippen molar-refractivity contribution >= 4 is 38.9 Å². The molecular weight excluding hydrogens is 381 g/mol. The highest BCUT2D eigenvalue weighted by molar-refractivity contribution is 7.91. The van der Waals surface area contributed by atoms with E-state index >= 15 is 0 Å². The fourth-order valence-corrected chi connectivity index (χ4v) is 5.04. The maximum absolute atomic E-state index is 13.1. The summed E-state index contributed by atoms with van der Waals surface area (Å²) in [6.45, 7) is 0.307. The second kappa shape index (κ2) is 7.36. The summed E-state index contributed by atoms with van der Waals surface area (Å²) in [5, 5.41) is 0.964. The molecule has 1 aliphatic rings. The van der Waals surface area contributed by atoms with Crippen LogP contribution >= 0.6 is 23.2 Å². The molecule has 0 bridgehead atoms. The first-order valence-corrected chi connectivity index (χ1v) is 10.4. The van der Waals surface area contributed by atoms with Crippen LogP contribution < -0.4 is 0 Å². The number of amides is 1. The molecule has 4 nitrogen and oxygen atoms in total. The molecule has 1 aliphatic heterocycles. The van der Waals surface area contributed by atoms with E-state index in [2.05, 4.69) is 0 Å². The van der Waals surface area contributed by atoms with Gasteiger partial charge in [0.2, 0.25) is 0 Å². The predicted molar refractivity (Wildman–Crippen MR) is 99.8 cm³/mol. The standard InChI is InChI=1S/C18H17Cl2NO3S/c19-14-7-5-13(6-8-14)11-21(15-9-10-25(23,24)12-15)18(22)16-3-1-2-4-17(16)20/h1-8,15H,9-12H2/t15-/m1/s1. The Morgan fingerprint density at radius 3 is 2.36 bits per heavy atom. The molecule has 1 heterocycles. The van der Waals surface area contributed by atoms with Gasteiger partial charge in [-0.2, -0.15) is 0 Å². The van der Waals surface area contributed by atoms with Gasteiger partial charge in [-0.15, -0.1) is 0 Å². The van der Waals surface area contributed by atoms with Crippen molar-refractivity contribution in [3.05, 3.63) is 69.7 Å². The third kappa shape index (κ3) is 4.35. The molecule has 7 heteroatoms. The molecular formula is C18H17Cl2NO3S. The summed E-state index contributed by atoms with van der Waals surface area (Å²) < 4.78 is 23.8. The Bertz CT molecular complexity index is 881. The quantitative estimate of drug-likeness (QED) is 0.787. The van der Waals surface area contributed by atoms with E-state index in [0.717, 1.165) is 5.56 Å². The van der Waals surface area contributed by atoms with E-state index in [1.165, 1.54) is 0 Å². The van der Waals surface area contributed by atoms with Crippen LogP contribution in [0.3, 0.4) is 0 Å². The summed E-state index contributed by atoms with van der Waals surface area (Å²) in [5.74, 6) is -0.177. The van der Waals surface area contributed by atoms with Gasteiger partial charge in [0, 0.05) is 17.6 Å².